The average Bonchev–Trinajstić information content (AvgIpc) is 2.24. The molecule has 6 N–H and O–H groups in total. The number of carboxylic acid groups (broad SMARTS) is 1. The lowest BCUT2D eigenvalue weighted by Gasteiger charge is -2.11. The van der Waals surface area contributed by atoms with Crippen molar-refractivity contribution in [3.8, 4) is 0 Å². The van der Waals surface area contributed by atoms with Gasteiger partial charge in [0.25, 0.3) is 0 Å². The molecule has 0 unspecified atom stereocenters. The summed E-state index contributed by atoms with van der Waals surface area (Å²) in [6.07, 6.45) is 2.79. The first-order valence-electron chi connectivity index (χ1n) is 5.53. The van der Waals surface area contributed by atoms with Crippen molar-refractivity contribution in [2.45, 2.75) is 38.1 Å². The molecular weight excluding hydrogens is 210 g/mol. The summed E-state index contributed by atoms with van der Waals surface area (Å²) in [7, 11) is 0. The minimum absolute atomic E-state index is 0.0582. The summed E-state index contributed by atoms with van der Waals surface area (Å²) in [6, 6.07) is -0.517. The molecule has 6 nitrogen and oxygen atoms in total. The van der Waals surface area contributed by atoms with E-state index in [0.29, 0.717) is 25.9 Å². The maximum atomic E-state index is 11.4. The molecule has 0 fully saturated rings. The van der Waals surface area contributed by atoms with Gasteiger partial charge in [-0.2, -0.15) is 0 Å². The molecule has 0 aliphatic carbocycles. The molecule has 0 aliphatic rings. The van der Waals surface area contributed by atoms with Crippen molar-refractivity contribution in [2.75, 3.05) is 13.1 Å². The SMILES string of the molecule is NCCCC[C@H](N)C(=O)NCCCC(=O)O. The Morgan fingerprint density at radius 2 is 1.94 bits per heavy atom. The minimum Gasteiger partial charge on any atom is -0.481 e. The van der Waals surface area contributed by atoms with Gasteiger partial charge in [0.1, 0.15) is 0 Å². The van der Waals surface area contributed by atoms with Crippen molar-refractivity contribution in [1.29, 1.82) is 0 Å². The Kier molecular flexibility index (Phi) is 8.46. The van der Waals surface area contributed by atoms with E-state index < -0.39 is 12.0 Å². The number of unbranched alkanes of at least 4 members (excludes halogenated alkanes) is 1. The van der Waals surface area contributed by atoms with E-state index in [1.807, 2.05) is 0 Å². The third-order valence-electron chi connectivity index (χ3n) is 2.17. The number of rotatable bonds is 9. The zero-order valence-corrected chi connectivity index (χ0v) is 9.45. The van der Waals surface area contributed by atoms with Crippen LogP contribution in [0.25, 0.3) is 0 Å². The largest absolute Gasteiger partial charge is 0.481 e. The third kappa shape index (κ3) is 8.19. The van der Waals surface area contributed by atoms with E-state index in [2.05, 4.69) is 5.32 Å². The number of hydrogen-bond donors (Lipinski definition) is 4. The fourth-order valence-electron chi connectivity index (χ4n) is 1.22. The van der Waals surface area contributed by atoms with Gasteiger partial charge < -0.3 is 21.9 Å². The van der Waals surface area contributed by atoms with Gasteiger partial charge in [0.05, 0.1) is 6.04 Å². The van der Waals surface area contributed by atoms with Crippen LogP contribution in [-0.2, 0) is 9.59 Å². The standard InChI is InChI=1S/C10H21N3O3/c11-6-2-1-4-8(12)10(16)13-7-3-5-9(14)15/h8H,1-7,11-12H2,(H,13,16)(H,14,15)/t8-/m0/s1. The third-order valence-corrected chi connectivity index (χ3v) is 2.17. The molecule has 0 aromatic heterocycles. The van der Waals surface area contributed by atoms with Crippen molar-refractivity contribution in [3.05, 3.63) is 0 Å². The monoisotopic (exact) mass is 231 g/mol. The Hall–Kier alpha value is -1.14. The van der Waals surface area contributed by atoms with Gasteiger partial charge in [-0.25, -0.2) is 0 Å². The van der Waals surface area contributed by atoms with E-state index >= 15 is 0 Å². The molecule has 0 radical (unpaired) electrons. The molecule has 16 heavy (non-hydrogen) atoms. The quantitative estimate of drug-likeness (QED) is 0.396. The molecule has 1 atom stereocenters. The molecule has 0 aliphatic heterocycles. The van der Waals surface area contributed by atoms with Gasteiger partial charge in [0, 0.05) is 13.0 Å². The second-order valence-electron chi connectivity index (χ2n) is 3.68. The zero-order valence-electron chi connectivity index (χ0n) is 9.45. The fourth-order valence-corrected chi connectivity index (χ4v) is 1.22. The van der Waals surface area contributed by atoms with Crippen molar-refractivity contribution in [1.82, 2.24) is 5.32 Å². The number of hydrogen-bond acceptors (Lipinski definition) is 4. The number of aliphatic carboxylic acids is 1. The summed E-state index contributed by atoms with van der Waals surface area (Å²) in [4.78, 5) is 21.6. The maximum absolute atomic E-state index is 11.4. The molecule has 0 saturated carbocycles. The zero-order chi connectivity index (χ0) is 12.4. The van der Waals surface area contributed by atoms with E-state index in [-0.39, 0.29) is 12.3 Å². The lowest BCUT2D eigenvalue weighted by molar-refractivity contribution is -0.137. The van der Waals surface area contributed by atoms with Gasteiger partial charge in [-0.15, -0.1) is 0 Å². The Bertz CT molecular complexity index is 221. The summed E-state index contributed by atoms with van der Waals surface area (Å²) >= 11 is 0. The van der Waals surface area contributed by atoms with Crippen LogP contribution in [0.15, 0.2) is 0 Å². The summed E-state index contributed by atoms with van der Waals surface area (Å²) in [5.41, 5.74) is 11.0. The predicted molar refractivity (Wildman–Crippen MR) is 60.8 cm³/mol. The fraction of sp³-hybridized carbons (Fsp3) is 0.800. The Morgan fingerprint density at radius 3 is 2.50 bits per heavy atom. The summed E-state index contributed by atoms with van der Waals surface area (Å²) in [6.45, 7) is 0.961. The first-order valence-corrected chi connectivity index (χ1v) is 5.53. The molecule has 0 rings (SSSR count). The molecule has 0 spiro atoms. The van der Waals surface area contributed by atoms with Crippen molar-refractivity contribution < 1.29 is 14.7 Å². The molecule has 6 heteroatoms. The minimum atomic E-state index is -0.860. The van der Waals surface area contributed by atoms with Crippen LogP contribution < -0.4 is 16.8 Å². The molecule has 1 amide bonds. The number of nitrogens with two attached hydrogens (primary N) is 2. The molecule has 0 aromatic carbocycles. The van der Waals surface area contributed by atoms with Crippen LogP contribution >= 0.6 is 0 Å². The first kappa shape index (κ1) is 14.9. The molecule has 0 bridgehead atoms. The van der Waals surface area contributed by atoms with Crippen LogP contribution in [-0.4, -0.2) is 36.1 Å². The van der Waals surface area contributed by atoms with Crippen molar-refractivity contribution in [2.24, 2.45) is 11.5 Å². The molecule has 94 valence electrons. The Balaban J connectivity index is 3.51. The van der Waals surface area contributed by atoms with Crippen molar-refractivity contribution in [3.63, 3.8) is 0 Å². The Labute approximate surface area is 95.4 Å². The number of carboxylic acids is 1. The molecule has 0 aromatic rings. The second kappa shape index (κ2) is 9.11. The topological polar surface area (TPSA) is 118 Å². The van der Waals surface area contributed by atoms with Crippen LogP contribution in [0.5, 0.6) is 0 Å². The highest BCUT2D eigenvalue weighted by Crippen LogP contribution is 1.98. The molecule has 0 saturated heterocycles. The summed E-state index contributed by atoms with van der Waals surface area (Å²) in [5.74, 6) is -1.08. The van der Waals surface area contributed by atoms with Gasteiger partial charge in [-0.1, -0.05) is 6.42 Å². The second-order valence-corrected chi connectivity index (χ2v) is 3.68. The maximum Gasteiger partial charge on any atom is 0.303 e. The highest BCUT2D eigenvalue weighted by atomic mass is 16.4. The molecule has 0 heterocycles. The van der Waals surface area contributed by atoms with Crippen molar-refractivity contribution >= 4 is 11.9 Å². The van der Waals surface area contributed by atoms with E-state index in [0.717, 1.165) is 12.8 Å². The van der Waals surface area contributed by atoms with E-state index in [9.17, 15) is 9.59 Å². The average molecular weight is 231 g/mol. The lowest BCUT2D eigenvalue weighted by Crippen LogP contribution is -2.41. The predicted octanol–water partition coefficient (Wildman–Crippen LogP) is -0.576. The molecular formula is C10H21N3O3. The first-order chi connectivity index (χ1) is 7.57. The van der Waals surface area contributed by atoms with E-state index in [4.69, 9.17) is 16.6 Å². The summed E-state index contributed by atoms with van der Waals surface area (Å²) in [5, 5.41) is 11.0. The number of carbonyl (C=O) groups is 2. The van der Waals surface area contributed by atoms with Gasteiger partial charge in [0.2, 0.25) is 5.91 Å². The lowest BCUT2D eigenvalue weighted by atomic mass is 10.1. The Morgan fingerprint density at radius 1 is 1.25 bits per heavy atom. The highest BCUT2D eigenvalue weighted by Gasteiger charge is 2.11. The van der Waals surface area contributed by atoms with Gasteiger partial charge in [-0.3, -0.25) is 9.59 Å². The van der Waals surface area contributed by atoms with Crippen LogP contribution in [0.2, 0.25) is 0 Å². The number of carbonyl (C=O) groups excluding carboxylic acids is 1. The normalized spacial score (nSPS) is 12.1. The highest BCUT2D eigenvalue weighted by molar-refractivity contribution is 5.81. The van der Waals surface area contributed by atoms with Crippen LogP contribution in [0.3, 0.4) is 0 Å². The summed E-state index contributed by atoms with van der Waals surface area (Å²) < 4.78 is 0. The van der Waals surface area contributed by atoms with Crippen LogP contribution in [0.4, 0.5) is 0 Å². The van der Waals surface area contributed by atoms with Crippen LogP contribution in [0.1, 0.15) is 32.1 Å². The number of amides is 1. The van der Waals surface area contributed by atoms with E-state index in [1.54, 1.807) is 0 Å². The van der Waals surface area contributed by atoms with E-state index in [1.165, 1.54) is 0 Å². The van der Waals surface area contributed by atoms with Crippen LogP contribution in [0, 0.1) is 0 Å². The van der Waals surface area contributed by atoms with Gasteiger partial charge in [-0.05, 0) is 25.8 Å². The van der Waals surface area contributed by atoms with Gasteiger partial charge >= 0.3 is 5.97 Å². The number of nitrogens with one attached hydrogen (secondary N) is 1. The smallest absolute Gasteiger partial charge is 0.303 e. The van der Waals surface area contributed by atoms with Gasteiger partial charge in [0.15, 0.2) is 0 Å².